The summed E-state index contributed by atoms with van der Waals surface area (Å²) in [6.07, 6.45) is 8.51. The number of unbranched alkanes of at least 4 members (excludes halogenated alkanes) is 1. The molecule has 0 bridgehead atoms. The minimum atomic E-state index is -2.42. The highest BCUT2D eigenvalue weighted by molar-refractivity contribution is 6.60. The maximum absolute atomic E-state index is 5.43. The molecule has 0 spiro atoms. The molecule has 118 valence electrons. The minimum absolute atomic E-state index is 0. The fraction of sp³-hybridized carbons (Fsp3) is 0.769. The number of nitrogens with zero attached hydrogens (tertiary/aromatic N) is 1. The Morgan fingerprint density at radius 2 is 1.80 bits per heavy atom. The molecule has 20 heavy (non-hydrogen) atoms. The Morgan fingerprint density at radius 3 is 2.35 bits per heavy atom. The van der Waals surface area contributed by atoms with E-state index in [0.717, 1.165) is 25.4 Å². The van der Waals surface area contributed by atoms with Crippen LogP contribution in [0.3, 0.4) is 0 Å². The highest BCUT2D eigenvalue weighted by atomic mass is 79.9. The summed E-state index contributed by atoms with van der Waals surface area (Å²) in [5.74, 6) is 1.26. The molecule has 1 aromatic heterocycles. The van der Waals surface area contributed by atoms with Crippen LogP contribution < -0.4 is 21.5 Å². The molecule has 0 fully saturated rings. The lowest BCUT2D eigenvalue weighted by Gasteiger charge is -2.23. The first kappa shape index (κ1) is 19.8. The summed E-state index contributed by atoms with van der Waals surface area (Å²) in [7, 11) is 2.57. The van der Waals surface area contributed by atoms with Crippen LogP contribution in [-0.2, 0) is 26.2 Å². The highest BCUT2D eigenvalue weighted by Gasteiger charge is 2.37. The first-order valence-electron chi connectivity index (χ1n) is 6.92. The van der Waals surface area contributed by atoms with Crippen LogP contribution in [-0.4, -0.2) is 35.1 Å². The molecule has 1 N–H and O–H groups in total. The zero-order valence-corrected chi connectivity index (χ0v) is 15.5. The third-order valence-corrected chi connectivity index (χ3v) is 6.27. The molecular formula is C13H27BrN2O3Si. The fourth-order valence-electron chi connectivity index (χ4n) is 2.18. The van der Waals surface area contributed by atoms with E-state index in [1.807, 2.05) is 6.20 Å². The Bertz CT molecular complexity index is 351. The Morgan fingerprint density at radius 1 is 1.15 bits per heavy atom. The van der Waals surface area contributed by atoms with E-state index >= 15 is 0 Å². The SMILES string of the molecule is CCCC[n+]1cc[nH]c1CCC[Si](OC)(OC)OC.[Br-]. The van der Waals surface area contributed by atoms with Gasteiger partial charge in [0.2, 0.25) is 0 Å². The third-order valence-electron chi connectivity index (χ3n) is 3.43. The largest absolute Gasteiger partial charge is 1.00 e. The Hall–Kier alpha value is -0.213. The monoisotopic (exact) mass is 366 g/mol. The molecule has 0 radical (unpaired) electrons. The number of imidazole rings is 1. The van der Waals surface area contributed by atoms with Crippen molar-refractivity contribution in [3.63, 3.8) is 0 Å². The van der Waals surface area contributed by atoms with E-state index in [2.05, 4.69) is 22.7 Å². The summed E-state index contributed by atoms with van der Waals surface area (Å²) >= 11 is 0. The molecule has 0 aliphatic heterocycles. The first-order valence-corrected chi connectivity index (χ1v) is 8.85. The van der Waals surface area contributed by atoms with E-state index in [1.165, 1.54) is 18.7 Å². The Kier molecular flexibility index (Phi) is 10.4. The van der Waals surface area contributed by atoms with Gasteiger partial charge in [0.15, 0.2) is 0 Å². The van der Waals surface area contributed by atoms with Crippen LogP contribution in [0.15, 0.2) is 12.4 Å². The fourth-order valence-corrected chi connectivity index (χ4v) is 3.90. The minimum Gasteiger partial charge on any atom is -1.00 e. The molecule has 1 aromatic rings. The van der Waals surface area contributed by atoms with Crippen molar-refractivity contribution < 1.29 is 34.8 Å². The second-order valence-corrected chi connectivity index (χ2v) is 7.69. The van der Waals surface area contributed by atoms with Gasteiger partial charge in [0.05, 0.1) is 6.54 Å². The molecule has 1 heterocycles. The molecule has 7 heteroatoms. The molecular weight excluding hydrogens is 340 g/mol. The number of nitrogens with one attached hydrogen (secondary N) is 1. The van der Waals surface area contributed by atoms with Crippen molar-refractivity contribution in [2.24, 2.45) is 0 Å². The first-order chi connectivity index (χ1) is 9.21. The molecule has 0 amide bonds. The number of hydrogen-bond donors (Lipinski definition) is 1. The van der Waals surface area contributed by atoms with Gasteiger partial charge >= 0.3 is 8.80 Å². The van der Waals surface area contributed by atoms with Crippen molar-refractivity contribution in [2.75, 3.05) is 21.3 Å². The second kappa shape index (κ2) is 10.5. The lowest BCUT2D eigenvalue weighted by atomic mass is 10.3. The van der Waals surface area contributed by atoms with Gasteiger partial charge in [-0.1, -0.05) is 13.3 Å². The number of hydrogen-bond acceptors (Lipinski definition) is 3. The van der Waals surface area contributed by atoms with Crippen LogP contribution in [0.4, 0.5) is 0 Å². The molecule has 0 saturated heterocycles. The average molecular weight is 367 g/mol. The van der Waals surface area contributed by atoms with Crippen LogP contribution in [0.25, 0.3) is 0 Å². The molecule has 0 saturated carbocycles. The van der Waals surface area contributed by atoms with Crippen molar-refractivity contribution >= 4 is 8.80 Å². The summed E-state index contributed by atoms with van der Waals surface area (Å²) in [6, 6.07) is 0.837. The molecule has 0 atom stereocenters. The predicted molar refractivity (Wildman–Crippen MR) is 75.8 cm³/mol. The van der Waals surface area contributed by atoms with E-state index in [4.69, 9.17) is 13.3 Å². The standard InChI is InChI=1S/C13H26N2O3Si.BrH/c1-5-6-10-15-11-9-14-13(15)8-7-12-19(16-2,17-3)18-4;/h9,11H,5-8,10,12H2,1-4H3;1H. The predicted octanol–water partition coefficient (Wildman–Crippen LogP) is -1.08. The van der Waals surface area contributed by atoms with Gasteiger partial charge < -0.3 is 30.3 Å². The van der Waals surface area contributed by atoms with Gasteiger partial charge in [-0.15, -0.1) is 0 Å². The maximum atomic E-state index is 5.43. The Balaban J connectivity index is 0.00000361. The summed E-state index contributed by atoms with van der Waals surface area (Å²) in [5, 5.41) is 0. The van der Waals surface area contributed by atoms with Crippen molar-refractivity contribution in [3.8, 4) is 0 Å². The van der Waals surface area contributed by atoms with Gasteiger partial charge in [0.1, 0.15) is 12.4 Å². The zero-order chi connectivity index (χ0) is 14.1. The second-order valence-electron chi connectivity index (χ2n) is 4.60. The molecule has 0 aromatic carbocycles. The van der Waals surface area contributed by atoms with Gasteiger partial charge in [-0.3, -0.25) is 0 Å². The van der Waals surface area contributed by atoms with Crippen LogP contribution in [0.1, 0.15) is 32.0 Å². The molecule has 0 aliphatic carbocycles. The van der Waals surface area contributed by atoms with Gasteiger partial charge in [-0.05, 0) is 12.8 Å². The zero-order valence-electron chi connectivity index (χ0n) is 12.9. The lowest BCUT2D eigenvalue weighted by molar-refractivity contribution is -0.703. The number of aromatic nitrogens is 2. The summed E-state index contributed by atoms with van der Waals surface area (Å²) in [6.45, 7) is 3.29. The van der Waals surface area contributed by atoms with E-state index < -0.39 is 8.80 Å². The average Bonchev–Trinajstić information content (AvgIpc) is 2.89. The van der Waals surface area contributed by atoms with Crippen LogP contribution >= 0.6 is 0 Å². The summed E-state index contributed by atoms with van der Waals surface area (Å²) in [5.41, 5.74) is 0. The maximum Gasteiger partial charge on any atom is 0.500 e. The number of H-pyrrole nitrogens is 1. The Labute approximate surface area is 133 Å². The quantitative estimate of drug-likeness (QED) is 0.423. The van der Waals surface area contributed by atoms with E-state index in [0.29, 0.717) is 0 Å². The van der Waals surface area contributed by atoms with E-state index in [9.17, 15) is 0 Å². The van der Waals surface area contributed by atoms with Crippen LogP contribution in [0.2, 0.25) is 6.04 Å². The van der Waals surface area contributed by atoms with E-state index in [1.54, 1.807) is 21.3 Å². The van der Waals surface area contributed by atoms with E-state index in [-0.39, 0.29) is 17.0 Å². The number of aryl methyl sites for hydroxylation is 2. The topological polar surface area (TPSA) is 47.4 Å². The normalized spacial score (nSPS) is 11.4. The van der Waals surface area contributed by atoms with Crippen molar-refractivity contribution in [3.05, 3.63) is 18.2 Å². The number of aromatic amines is 1. The molecule has 0 unspecified atom stereocenters. The van der Waals surface area contributed by atoms with Crippen molar-refractivity contribution in [1.29, 1.82) is 0 Å². The molecule has 0 aliphatic rings. The number of halogens is 1. The third kappa shape index (κ3) is 5.65. The van der Waals surface area contributed by atoms with Gasteiger partial charge in [0, 0.05) is 33.8 Å². The molecule has 1 rings (SSSR count). The van der Waals surface area contributed by atoms with Crippen LogP contribution in [0.5, 0.6) is 0 Å². The number of rotatable bonds is 10. The highest BCUT2D eigenvalue weighted by Crippen LogP contribution is 2.16. The van der Waals surface area contributed by atoms with Gasteiger partial charge in [-0.2, -0.15) is 0 Å². The summed E-state index contributed by atoms with van der Waals surface area (Å²) < 4.78 is 18.6. The smallest absolute Gasteiger partial charge is 0.500 e. The van der Waals surface area contributed by atoms with Crippen LogP contribution in [0, 0.1) is 0 Å². The molecule has 5 nitrogen and oxygen atoms in total. The lowest BCUT2D eigenvalue weighted by Crippen LogP contribution is -3.00. The van der Waals surface area contributed by atoms with Gasteiger partial charge in [-0.25, -0.2) is 9.55 Å². The van der Waals surface area contributed by atoms with Crippen molar-refractivity contribution in [2.45, 2.75) is 45.2 Å². The summed E-state index contributed by atoms with van der Waals surface area (Å²) in [4.78, 5) is 3.31. The van der Waals surface area contributed by atoms with Gasteiger partial charge in [0.25, 0.3) is 5.82 Å². The van der Waals surface area contributed by atoms with Crippen molar-refractivity contribution in [1.82, 2.24) is 4.98 Å².